The molecule has 2 fully saturated rings. The summed E-state index contributed by atoms with van der Waals surface area (Å²) < 4.78 is 0. The maximum absolute atomic E-state index is 11.9. The van der Waals surface area contributed by atoms with Crippen LogP contribution >= 0.6 is 0 Å². The molecule has 1 saturated carbocycles. The summed E-state index contributed by atoms with van der Waals surface area (Å²) in [5, 5.41) is 0. The molecule has 1 aliphatic carbocycles. The second kappa shape index (κ2) is 3.95. The van der Waals surface area contributed by atoms with Gasteiger partial charge in [-0.25, -0.2) is 0 Å². The molecule has 0 spiro atoms. The summed E-state index contributed by atoms with van der Waals surface area (Å²) in [7, 11) is 0. The lowest BCUT2D eigenvalue weighted by Gasteiger charge is -2.49. The van der Waals surface area contributed by atoms with Crippen LogP contribution in [0.4, 0.5) is 0 Å². The molecule has 84 valence electrons. The van der Waals surface area contributed by atoms with Crippen molar-refractivity contribution in [3.8, 4) is 0 Å². The van der Waals surface area contributed by atoms with Crippen LogP contribution in [0.5, 0.6) is 0 Å². The Labute approximate surface area is 90.8 Å². The van der Waals surface area contributed by atoms with Crippen molar-refractivity contribution in [2.45, 2.75) is 52.0 Å². The molecule has 2 amide bonds. The number of β-lactam (4-membered cyclic amide) rings is 1. The summed E-state index contributed by atoms with van der Waals surface area (Å²) in [4.78, 5) is 25.2. The molecule has 0 aromatic carbocycles. The largest absolute Gasteiger partial charge is 0.278 e. The molecular formula is C12H19NO2. The molecule has 3 nitrogen and oxygen atoms in total. The molecule has 2 rings (SSSR count). The van der Waals surface area contributed by atoms with E-state index < -0.39 is 0 Å². The van der Waals surface area contributed by atoms with E-state index in [1.165, 1.54) is 11.3 Å². The second-order valence-corrected chi connectivity index (χ2v) is 4.81. The van der Waals surface area contributed by atoms with Gasteiger partial charge in [-0.05, 0) is 19.3 Å². The summed E-state index contributed by atoms with van der Waals surface area (Å²) >= 11 is 0. The first-order valence-electron chi connectivity index (χ1n) is 6.03. The quantitative estimate of drug-likeness (QED) is 0.652. The lowest BCUT2D eigenvalue weighted by molar-refractivity contribution is -0.171. The number of hydrogen-bond acceptors (Lipinski definition) is 2. The summed E-state index contributed by atoms with van der Waals surface area (Å²) in [5.74, 6) is 0.305. The number of carbonyl (C=O) groups excluding carboxylic acids is 2. The molecule has 0 aromatic heterocycles. The highest BCUT2D eigenvalue weighted by atomic mass is 16.2. The number of fused-ring (bicyclic) bond motifs is 1. The molecule has 1 saturated heterocycles. The smallest absolute Gasteiger partial charge is 0.234 e. The zero-order chi connectivity index (χ0) is 11.0. The number of amides is 2. The molecule has 3 unspecified atom stereocenters. The SMILES string of the molecule is CCC(C)C(=O)N1C(=O)C2CCCCC21. The Hall–Kier alpha value is -0.860. The Morgan fingerprint density at radius 1 is 1.47 bits per heavy atom. The van der Waals surface area contributed by atoms with Crippen LogP contribution in [0.25, 0.3) is 0 Å². The third-order valence-electron chi connectivity index (χ3n) is 3.89. The van der Waals surface area contributed by atoms with E-state index in [4.69, 9.17) is 0 Å². The number of likely N-dealkylation sites (tertiary alicyclic amines) is 1. The molecular weight excluding hydrogens is 190 g/mol. The Morgan fingerprint density at radius 3 is 2.80 bits per heavy atom. The van der Waals surface area contributed by atoms with Crippen molar-refractivity contribution < 1.29 is 9.59 Å². The van der Waals surface area contributed by atoms with Crippen molar-refractivity contribution in [2.75, 3.05) is 0 Å². The van der Waals surface area contributed by atoms with E-state index >= 15 is 0 Å². The molecule has 15 heavy (non-hydrogen) atoms. The average Bonchev–Trinajstić information content (AvgIpc) is 2.27. The summed E-state index contributed by atoms with van der Waals surface area (Å²) in [6.45, 7) is 3.90. The summed E-state index contributed by atoms with van der Waals surface area (Å²) in [6.07, 6.45) is 5.16. The first-order chi connectivity index (χ1) is 7.16. The third-order valence-corrected chi connectivity index (χ3v) is 3.89. The van der Waals surface area contributed by atoms with Crippen molar-refractivity contribution in [2.24, 2.45) is 11.8 Å². The van der Waals surface area contributed by atoms with Crippen LogP contribution < -0.4 is 0 Å². The van der Waals surface area contributed by atoms with E-state index in [0.717, 1.165) is 25.7 Å². The van der Waals surface area contributed by atoms with Gasteiger partial charge in [0, 0.05) is 5.92 Å². The van der Waals surface area contributed by atoms with Crippen LogP contribution in [-0.4, -0.2) is 22.8 Å². The molecule has 1 heterocycles. The standard InChI is InChI=1S/C12H19NO2/c1-3-8(2)11(14)13-10-7-5-4-6-9(10)12(13)15/h8-10H,3-7H2,1-2H3. The lowest BCUT2D eigenvalue weighted by Crippen LogP contribution is -2.64. The van der Waals surface area contributed by atoms with Gasteiger partial charge in [0.05, 0.1) is 12.0 Å². The molecule has 1 aliphatic heterocycles. The number of nitrogens with zero attached hydrogens (tertiary/aromatic N) is 1. The molecule has 2 aliphatic rings. The highest BCUT2D eigenvalue weighted by Crippen LogP contribution is 2.39. The predicted molar refractivity (Wildman–Crippen MR) is 57.1 cm³/mol. The molecule has 0 aromatic rings. The van der Waals surface area contributed by atoms with Gasteiger partial charge in [0.1, 0.15) is 0 Å². The first-order valence-corrected chi connectivity index (χ1v) is 6.03. The maximum atomic E-state index is 11.9. The van der Waals surface area contributed by atoms with Gasteiger partial charge >= 0.3 is 0 Å². The van der Waals surface area contributed by atoms with Crippen LogP contribution in [-0.2, 0) is 9.59 Å². The van der Waals surface area contributed by atoms with Crippen molar-refractivity contribution in [1.29, 1.82) is 0 Å². The second-order valence-electron chi connectivity index (χ2n) is 4.81. The molecule has 0 N–H and O–H groups in total. The first kappa shape index (κ1) is 10.7. The van der Waals surface area contributed by atoms with Crippen molar-refractivity contribution >= 4 is 11.8 Å². The van der Waals surface area contributed by atoms with E-state index in [9.17, 15) is 9.59 Å². The van der Waals surface area contributed by atoms with Crippen LogP contribution in [0.15, 0.2) is 0 Å². The third kappa shape index (κ3) is 1.58. The Bertz CT molecular complexity index is 287. The minimum Gasteiger partial charge on any atom is -0.278 e. The highest BCUT2D eigenvalue weighted by Gasteiger charge is 2.51. The monoisotopic (exact) mass is 209 g/mol. The molecule has 0 bridgehead atoms. The van der Waals surface area contributed by atoms with Crippen molar-refractivity contribution in [3.05, 3.63) is 0 Å². The van der Waals surface area contributed by atoms with E-state index in [0.29, 0.717) is 0 Å². The highest BCUT2D eigenvalue weighted by molar-refractivity contribution is 6.02. The predicted octanol–water partition coefficient (Wildman–Crippen LogP) is 1.96. The fourth-order valence-corrected chi connectivity index (χ4v) is 2.65. The molecule has 0 radical (unpaired) electrons. The number of imide groups is 1. The van der Waals surface area contributed by atoms with Gasteiger partial charge in [-0.1, -0.05) is 26.7 Å². The van der Waals surface area contributed by atoms with E-state index in [2.05, 4.69) is 0 Å². The fourth-order valence-electron chi connectivity index (χ4n) is 2.65. The van der Waals surface area contributed by atoms with Crippen LogP contribution in [0.1, 0.15) is 46.0 Å². The minimum absolute atomic E-state index is 0.00294. The number of rotatable bonds is 2. The van der Waals surface area contributed by atoms with Gasteiger partial charge in [-0.2, -0.15) is 0 Å². The Balaban J connectivity index is 2.04. The van der Waals surface area contributed by atoms with E-state index in [1.807, 2.05) is 13.8 Å². The van der Waals surface area contributed by atoms with E-state index in [-0.39, 0.29) is 29.7 Å². The normalized spacial score (nSPS) is 31.9. The van der Waals surface area contributed by atoms with Gasteiger partial charge in [-0.15, -0.1) is 0 Å². The maximum Gasteiger partial charge on any atom is 0.234 e. The Kier molecular flexibility index (Phi) is 2.81. The fraction of sp³-hybridized carbons (Fsp3) is 0.833. The summed E-state index contributed by atoms with van der Waals surface area (Å²) in [5.41, 5.74) is 0. The van der Waals surface area contributed by atoms with Crippen LogP contribution in [0.3, 0.4) is 0 Å². The van der Waals surface area contributed by atoms with Crippen LogP contribution in [0, 0.1) is 11.8 Å². The van der Waals surface area contributed by atoms with Gasteiger partial charge in [0.25, 0.3) is 0 Å². The average molecular weight is 209 g/mol. The number of hydrogen-bond donors (Lipinski definition) is 0. The van der Waals surface area contributed by atoms with Gasteiger partial charge in [-0.3, -0.25) is 14.5 Å². The molecule has 3 atom stereocenters. The summed E-state index contributed by atoms with van der Waals surface area (Å²) in [6, 6.07) is 0.243. The van der Waals surface area contributed by atoms with Gasteiger partial charge in [0.15, 0.2) is 0 Å². The topological polar surface area (TPSA) is 37.4 Å². The van der Waals surface area contributed by atoms with Crippen molar-refractivity contribution in [1.82, 2.24) is 4.90 Å². The van der Waals surface area contributed by atoms with Gasteiger partial charge < -0.3 is 0 Å². The van der Waals surface area contributed by atoms with Crippen molar-refractivity contribution in [3.63, 3.8) is 0 Å². The zero-order valence-electron chi connectivity index (χ0n) is 9.53. The van der Waals surface area contributed by atoms with Crippen LogP contribution in [0.2, 0.25) is 0 Å². The number of carbonyl (C=O) groups is 2. The Morgan fingerprint density at radius 2 is 2.13 bits per heavy atom. The lowest BCUT2D eigenvalue weighted by atomic mass is 9.75. The van der Waals surface area contributed by atoms with E-state index in [1.54, 1.807) is 0 Å². The molecule has 3 heteroatoms. The zero-order valence-corrected chi connectivity index (χ0v) is 9.53. The van der Waals surface area contributed by atoms with Gasteiger partial charge in [0.2, 0.25) is 11.8 Å². The minimum atomic E-state index is -0.00294.